The summed E-state index contributed by atoms with van der Waals surface area (Å²) < 4.78 is 23.7. The Labute approximate surface area is 184 Å². The molecule has 11 heteroatoms. The predicted molar refractivity (Wildman–Crippen MR) is 114 cm³/mol. The SMILES string of the molecule is CCCC[C@@H](OC(=O)CCC)P(=O)(O)OC(CCCCN)C(=O)N1CCC[C@H]1C(=O)O. The number of ether oxygens (including phenoxy) is 1. The predicted octanol–water partition coefficient (Wildman–Crippen LogP) is 2.62. The summed E-state index contributed by atoms with van der Waals surface area (Å²) in [5, 5.41) is 9.38. The number of amides is 1. The van der Waals surface area contributed by atoms with Crippen molar-refractivity contribution in [2.75, 3.05) is 13.1 Å². The van der Waals surface area contributed by atoms with E-state index in [0.717, 1.165) is 6.42 Å². The monoisotopic (exact) mass is 464 g/mol. The minimum atomic E-state index is -4.52. The Kier molecular flexibility index (Phi) is 12.3. The first-order valence-corrected chi connectivity index (χ1v) is 12.8. The maximum atomic E-state index is 13.1. The number of hydrogen-bond acceptors (Lipinski definition) is 7. The summed E-state index contributed by atoms with van der Waals surface area (Å²) in [7, 11) is -4.52. The lowest BCUT2D eigenvalue weighted by Crippen LogP contribution is -2.46. The molecule has 1 aliphatic heterocycles. The molecule has 4 atom stereocenters. The van der Waals surface area contributed by atoms with Crippen LogP contribution >= 0.6 is 7.60 Å². The van der Waals surface area contributed by atoms with Crippen molar-refractivity contribution in [2.24, 2.45) is 5.73 Å². The van der Waals surface area contributed by atoms with E-state index in [2.05, 4.69) is 0 Å². The summed E-state index contributed by atoms with van der Waals surface area (Å²) in [6.07, 6.45) is 2.73. The second-order valence-corrected chi connectivity index (χ2v) is 9.72. The molecule has 0 aliphatic carbocycles. The number of esters is 1. The van der Waals surface area contributed by atoms with Crippen LogP contribution in [0.5, 0.6) is 0 Å². The van der Waals surface area contributed by atoms with E-state index in [-0.39, 0.29) is 25.8 Å². The second kappa shape index (κ2) is 13.8. The van der Waals surface area contributed by atoms with E-state index >= 15 is 0 Å². The number of carboxylic acid groups (broad SMARTS) is 1. The van der Waals surface area contributed by atoms with Gasteiger partial charge in [-0.1, -0.05) is 20.3 Å². The van der Waals surface area contributed by atoms with E-state index in [1.807, 2.05) is 6.92 Å². The van der Waals surface area contributed by atoms with Crippen molar-refractivity contribution in [2.45, 2.75) is 96.0 Å². The molecular formula is C20H37N2O8P. The average molecular weight is 464 g/mol. The van der Waals surface area contributed by atoms with Crippen molar-refractivity contribution in [1.29, 1.82) is 0 Å². The quantitative estimate of drug-likeness (QED) is 0.188. The van der Waals surface area contributed by atoms with Gasteiger partial charge in [0.05, 0.1) is 0 Å². The third kappa shape index (κ3) is 8.88. The topological polar surface area (TPSA) is 156 Å². The largest absolute Gasteiger partial charge is 0.480 e. The van der Waals surface area contributed by atoms with E-state index in [0.29, 0.717) is 45.1 Å². The van der Waals surface area contributed by atoms with Gasteiger partial charge in [0.15, 0.2) is 0 Å². The van der Waals surface area contributed by atoms with Crippen LogP contribution in [-0.4, -0.2) is 63.8 Å². The fourth-order valence-electron chi connectivity index (χ4n) is 3.50. The smallest absolute Gasteiger partial charge is 0.369 e. The Bertz CT molecular complexity index is 645. The number of nitrogens with two attached hydrogens (primary N) is 1. The Morgan fingerprint density at radius 1 is 1.16 bits per heavy atom. The van der Waals surface area contributed by atoms with Crippen LogP contribution in [0.4, 0.5) is 0 Å². The van der Waals surface area contributed by atoms with Gasteiger partial charge in [0.1, 0.15) is 12.1 Å². The second-order valence-electron chi connectivity index (χ2n) is 7.81. The first-order chi connectivity index (χ1) is 14.7. The van der Waals surface area contributed by atoms with Gasteiger partial charge >= 0.3 is 19.5 Å². The van der Waals surface area contributed by atoms with E-state index in [9.17, 15) is 28.9 Å². The fourth-order valence-corrected chi connectivity index (χ4v) is 4.96. The van der Waals surface area contributed by atoms with Crippen LogP contribution in [0.25, 0.3) is 0 Å². The first kappa shape index (κ1) is 27.6. The highest BCUT2D eigenvalue weighted by atomic mass is 31.2. The summed E-state index contributed by atoms with van der Waals surface area (Å²) in [4.78, 5) is 48.3. The molecule has 0 aromatic heterocycles. The molecule has 2 unspecified atom stereocenters. The molecule has 1 heterocycles. The molecule has 1 fully saturated rings. The van der Waals surface area contributed by atoms with Gasteiger partial charge in [-0.15, -0.1) is 0 Å². The third-order valence-corrected chi connectivity index (χ3v) is 6.83. The van der Waals surface area contributed by atoms with Crippen LogP contribution in [0.15, 0.2) is 0 Å². The molecule has 1 rings (SSSR count). The minimum Gasteiger partial charge on any atom is -0.480 e. The summed E-state index contributed by atoms with van der Waals surface area (Å²) in [5.41, 5.74) is 5.51. The highest BCUT2D eigenvalue weighted by molar-refractivity contribution is 7.53. The summed E-state index contributed by atoms with van der Waals surface area (Å²) >= 11 is 0. The maximum absolute atomic E-state index is 13.1. The van der Waals surface area contributed by atoms with E-state index in [4.69, 9.17) is 15.0 Å². The van der Waals surface area contributed by atoms with Crippen molar-refractivity contribution in [3.63, 3.8) is 0 Å². The number of unbranched alkanes of at least 4 members (excludes halogenated alkanes) is 2. The van der Waals surface area contributed by atoms with Crippen LogP contribution in [-0.2, 0) is 28.2 Å². The molecule has 1 aliphatic rings. The number of carbonyl (C=O) groups excluding carboxylic acids is 2. The summed E-state index contributed by atoms with van der Waals surface area (Å²) in [5.74, 6) is -3.72. The van der Waals surface area contributed by atoms with Gasteiger partial charge in [-0.2, -0.15) is 0 Å². The summed E-state index contributed by atoms with van der Waals surface area (Å²) in [6, 6.07) is -0.982. The van der Waals surface area contributed by atoms with Crippen molar-refractivity contribution in [3.8, 4) is 0 Å². The third-order valence-electron chi connectivity index (χ3n) is 5.19. The zero-order chi connectivity index (χ0) is 23.4. The molecule has 0 bridgehead atoms. The number of likely N-dealkylation sites (tertiary alicyclic amines) is 1. The van der Waals surface area contributed by atoms with Crippen molar-refractivity contribution in [3.05, 3.63) is 0 Å². The normalized spacial score (nSPS) is 20.1. The lowest BCUT2D eigenvalue weighted by Gasteiger charge is -2.30. The van der Waals surface area contributed by atoms with Gasteiger partial charge in [-0.25, -0.2) is 4.79 Å². The number of nitrogens with zero attached hydrogens (tertiary/aromatic N) is 1. The average Bonchev–Trinajstić information content (AvgIpc) is 3.20. The van der Waals surface area contributed by atoms with Crippen LogP contribution in [0.1, 0.15) is 78.1 Å². The Balaban J connectivity index is 3.04. The molecule has 180 valence electrons. The molecule has 1 amide bonds. The zero-order valence-electron chi connectivity index (χ0n) is 18.5. The standard InChI is InChI=1S/C20H37N2O8P/c1-3-5-12-18(29-17(23)9-4-2)31(27,28)30-16(11-6-7-13-21)19(24)22-14-8-10-15(22)20(25)26/h15-16,18H,3-14,21H2,1-2H3,(H,25,26)(H,27,28)/t15-,16?,18-/m0/s1. The Morgan fingerprint density at radius 3 is 2.45 bits per heavy atom. The number of rotatable bonds is 15. The lowest BCUT2D eigenvalue weighted by atomic mass is 10.1. The molecule has 0 saturated carbocycles. The van der Waals surface area contributed by atoms with Gasteiger partial charge in [0.2, 0.25) is 5.85 Å². The van der Waals surface area contributed by atoms with Crippen molar-refractivity contribution >= 4 is 25.4 Å². The first-order valence-electron chi connectivity index (χ1n) is 11.1. The van der Waals surface area contributed by atoms with E-state index in [1.54, 1.807) is 6.92 Å². The van der Waals surface area contributed by atoms with Crippen LogP contribution in [0, 0.1) is 0 Å². The van der Waals surface area contributed by atoms with Crippen LogP contribution in [0.3, 0.4) is 0 Å². The van der Waals surface area contributed by atoms with Gasteiger partial charge in [-0.05, 0) is 57.9 Å². The van der Waals surface area contributed by atoms with Crippen molar-refractivity contribution in [1.82, 2.24) is 4.90 Å². The Morgan fingerprint density at radius 2 is 1.87 bits per heavy atom. The number of aliphatic carboxylic acids is 1. The molecular weight excluding hydrogens is 427 g/mol. The highest BCUT2D eigenvalue weighted by Gasteiger charge is 2.43. The number of carboxylic acids is 1. The molecule has 1 saturated heterocycles. The minimum absolute atomic E-state index is 0.107. The molecule has 10 nitrogen and oxygen atoms in total. The van der Waals surface area contributed by atoms with E-state index in [1.165, 1.54) is 4.90 Å². The fraction of sp³-hybridized carbons (Fsp3) is 0.850. The molecule has 4 N–H and O–H groups in total. The number of carbonyl (C=O) groups is 3. The van der Waals surface area contributed by atoms with Crippen LogP contribution < -0.4 is 5.73 Å². The Hall–Kier alpha value is -1.48. The highest BCUT2D eigenvalue weighted by Crippen LogP contribution is 2.52. The maximum Gasteiger partial charge on any atom is 0.369 e. The molecule has 0 radical (unpaired) electrons. The molecule has 0 aromatic rings. The van der Waals surface area contributed by atoms with Crippen molar-refractivity contribution < 1.29 is 38.2 Å². The molecule has 0 spiro atoms. The zero-order valence-corrected chi connectivity index (χ0v) is 19.4. The summed E-state index contributed by atoms with van der Waals surface area (Å²) in [6.45, 7) is 4.31. The lowest BCUT2D eigenvalue weighted by molar-refractivity contribution is -0.152. The van der Waals surface area contributed by atoms with E-state index < -0.39 is 43.4 Å². The van der Waals surface area contributed by atoms with Gasteiger partial charge in [0, 0.05) is 13.0 Å². The van der Waals surface area contributed by atoms with Crippen LogP contribution in [0.2, 0.25) is 0 Å². The molecule has 31 heavy (non-hydrogen) atoms. The van der Waals surface area contributed by atoms with Gasteiger partial charge in [-0.3, -0.25) is 18.7 Å². The van der Waals surface area contributed by atoms with Gasteiger partial charge < -0.3 is 25.4 Å². The van der Waals surface area contributed by atoms with Gasteiger partial charge in [0.25, 0.3) is 5.91 Å². The molecule has 0 aromatic carbocycles. The number of hydrogen-bond donors (Lipinski definition) is 3.